The molecule has 9 heteroatoms. The van der Waals surface area contributed by atoms with E-state index in [-0.39, 0.29) is 11.8 Å². The first-order chi connectivity index (χ1) is 9.27. The number of esters is 1. The molecule has 1 atom stereocenters. The Labute approximate surface area is 116 Å². The Hall–Kier alpha value is -1.51. The van der Waals surface area contributed by atoms with Crippen molar-refractivity contribution in [1.82, 2.24) is 9.97 Å². The van der Waals surface area contributed by atoms with E-state index >= 15 is 0 Å². The molecule has 0 aliphatic rings. The summed E-state index contributed by atoms with van der Waals surface area (Å²) >= 11 is 0.740. The molecule has 112 valence electrons. The van der Waals surface area contributed by atoms with Crippen molar-refractivity contribution in [1.29, 1.82) is 0 Å². The number of ether oxygens (including phenoxy) is 1. The van der Waals surface area contributed by atoms with Crippen molar-refractivity contribution in [3.63, 3.8) is 0 Å². The number of hydrogen-bond acceptors (Lipinski definition) is 5. The summed E-state index contributed by atoms with van der Waals surface area (Å²) in [6.45, 7) is 3.47. The van der Waals surface area contributed by atoms with Crippen molar-refractivity contribution < 1.29 is 22.7 Å². The van der Waals surface area contributed by atoms with E-state index in [0.29, 0.717) is 12.5 Å². The molecule has 0 bridgehead atoms. The third-order valence-corrected chi connectivity index (χ3v) is 3.41. The number of H-pyrrole nitrogens is 1. The van der Waals surface area contributed by atoms with Gasteiger partial charge in [0, 0.05) is 6.07 Å². The molecular weight excluding hydrogens is 297 g/mol. The van der Waals surface area contributed by atoms with E-state index < -0.39 is 28.6 Å². The van der Waals surface area contributed by atoms with Crippen LogP contribution < -0.4 is 5.56 Å². The van der Waals surface area contributed by atoms with E-state index in [1.165, 1.54) is 0 Å². The summed E-state index contributed by atoms with van der Waals surface area (Å²) in [5.41, 5.74) is -2.21. The zero-order valence-corrected chi connectivity index (χ0v) is 11.6. The van der Waals surface area contributed by atoms with Gasteiger partial charge in [0.15, 0.2) is 10.9 Å². The average molecular weight is 310 g/mol. The van der Waals surface area contributed by atoms with Crippen LogP contribution in [0.4, 0.5) is 13.2 Å². The molecule has 0 fully saturated rings. The third-order valence-electron chi connectivity index (χ3n) is 2.18. The summed E-state index contributed by atoms with van der Waals surface area (Å²) in [6, 6.07) is 0.370. The number of hydrogen-bond donors (Lipinski definition) is 1. The molecule has 0 saturated heterocycles. The van der Waals surface area contributed by atoms with Gasteiger partial charge in [-0.05, 0) is 13.3 Å². The molecule has 0 aliphatic carbocycles. The van der Waals surface area contributed by atoms with Crippen LogP contribution in [0.1, 0.15) is 26.0 Å². The highest BCUT2D eigenvalue weighted by Gasteiger charge is 2.34. The number of halogens is 3. The standard InChI is InChI=1S/C11H13F3N2O3S/c1-3-6(9(18)19-4-2)20-10-15-7(11(12,13)14)5-8(17)16-10/h5-6H,3-4H2,1-2H3,(H,15,16,17)/t6-/m0/s1. The highest BCUT2D eigenvalue weighted by atomic mass is 32.2. The number of carbonyl (C=O) groups excluding carboxylic acids is 1. The Kier molecular flexibility index (Phi) is 5.61. The van der Waals surface area contributed by atoms with Gasteiger partial charge in [0.2, 0.25) is 0 Å². The molecule has 1 aromatic heterocycles. The first-order valence-corrected chi connectivity index (χ1v) is 6.67. The van der Waals surface area contributed by atoms with Gasteiger partial charge in [-0.2, -0.15) is 13.2 Å². The number of carbonyl (C=O) groups is 1. The van der Waals surface area contributed by atoms with Crippen molar-refractivity contribution in [3.8, 4) is 0 Å². The Morgan fingerprint density at radius 1 is 1.50 bits per heavy atom. The van der Waals surface area contributed by atoms with Gasteiger partial charge in [-0.1, -0.05) is 18.7 Å². The molecule has 20 heavy (non-hydrogen) atoms. The highest BCUT2D eigenvalue weighted by molar-refractivity contribution is 8.00. The summed E-state index contributed by atoms with van der Waals surface area (Å²) in [5, 5.41) is -0.980. The van der Waals surface area contributed by atoms with Crippen molar-refractivity contribution in [2.75, 3.05) is 6.61 Å². The Bertz CT molecular complexity index is 530. The maximum atomic E-state index is 12.5. The predicted octanol–water partition coefficient (Wildman–Crippen LogP) is 2.22. The van der Waals surface area contributed by atoms with Gasteiger partial charge < -0.3 is 9.72 Å². The minimum Gasteiger partial charge on any atom is -0.465 e. The molecule has 0 aliphatic heterocycles. The molecule has 0 saturated carbocycles. The zero-order valence-electron chi connectivity index (χ0n) is 10.8. The lowest BCUT2D eigenvalue weighted by atomic mass is 10.3. The maximum absolute atomic E-state index is 12.5. The minimum absolute atomic E-state index is 0.169. The highest BCUT2D eigenvalue weighted by Crippen LogP contribution is 2.29. The first-order valence-electron chi connectivity index (χ1n) is 5.79. The molecular formula is C11H13F3N2O3S. The Morgan fingerprint density at radius 3 is 2.65 bits per heavy atom. The number of aromatic amines is 1. The summed E-state index contributed by atoms with van der Waals surface area (Å²) in [4.78, 5) is 28.2. The van der Waals surface area contributed by atoms with Crippen molar-refractivity contribution in [2.24, 2.45) is 0 Å². The van der Waals surface area contributed by atoms with Crippen LogP contribution in [0.15, 0.2) is 16.0 Å². The number of alkyl halides is 3. The maximum Gasteiger partial charge on any atom is 0.433 e. The topological polar surface area (TPSA) is 72.0 Å². The second-order valence-corrected chi connectivity index (χ2v) is 4.89. The molecule has 0 radical (unpaired) electrons. The fourth-order valence-electron chi connectivity index (χ4n) is 1.30. The smallest absolute Gasteiger partial charge is 0.433 e. The lowest BCUT2D eigenvalue weighted by Gasteiger charge is -2.13. The van der Waals surface area contributed by atoms with Crippen LogP contribution in [0.25, 0.3) is 0 Å². The van der Waals surface area contributed by atoms with Crippen LogP contribution in [0.5, 0.6) is 0 Å². The monoisotopic (exact) mass is 310 g/mol. The fourth-order valence-corrected chi connectivity index (χ4v) is 2.22. The number of rotatable bonds is 5. The fraction of sp³-hybridized carbons (Fsp3) is 0.545. The summed E-state index contributed by atoms with van der Waals surface area (Å²) in [6.07, 6.45) is -4.38. The molecule has 0 spiro atoms. The predicted molar refractivity (Wildman–Crippen MR) is 66.4 cm³/mol. The molecule has 5 nitrogen and oxygen atoms in total. The van der Waals surface area contributed by atoms with Crippen LogP contribution in [0, 0.1) is 0 Å². The summed E-state index contributed by atoms with van der Waals surface area (Å²) in [7, 11) is 0. The van der Waals surface area contributed by atoms with E-state index in [9.17, 15) is 22.8 Å². The molecule has 0 aromatic carbocycles. The minimum atomic E-state index is -4.71. The van der Waals surface area contributed by atoms with Gasteiger partial charge in [0.1, 0.15) is 5.25 Å². The van der Waals surface area contributed by atoms with E-state index in [2.05, 4.69) is 9.97 Å². The molecule has 0 unspecified atom stereocenters. The van der Waals surface area contributed by atoms with E-state index in [1.807, 2.05) is 0 Å². The van der Waals surface area contributed by atoms with E-state index in [1.54, 1.807) is 13.8 Å². The van der Waals surface area contributed by atoms with Gasteiger partial charge in [-0.3, -0.25) is 9.59 Å². The van der Waals surface area contributed by atoms with Gasteiger partial charge in [-0.15, -0.1) is 0 Å². The molecule has 1 N–H and O–H groups in total. The van der Waals surface area contributed by atoms with E-state index in [4.69, 9.17) is 4.74 Å². The van der Waals surface area contributed by atoms with Gasteiger partial charge >= 0.3 is 12.1 Å². The first kappa shape index (κ1) is 16.5. The van der Waals surface area contributed by atoms with Gasteiger partial charge in [0.25, 0.3) is 5.56 Å². The van der Waals surface area contributed by atoms with Gasteiger partial charge in [0.05, 0.1) is 6.61 Å². The van der Waals surface area contributed by atoms with Crippen LogP contribution in [0.2, 0.25) is 0 Å². The normalized spacial score (nSPS) is 13.1. The van der Waals surface area contributed by atoms with Crippen molar-refractivity contribution in [2.45, 2.75) is 36.9 Å². The third kappa shape index (κ3) is 4.55. The lowest BCUT2D eigenvalue weighted by Crippen LogP contribution is -2.22. The Morgan fingerprint density at radius 2 is 2.15 bits per heavy atom. The second kappa shape index (κ2) is 6.78. The molecule has 1 rings (SSSR count). The van der Waals surface area contributed by atoms with Crippen molar-refractivity contribution >= 4 is 17.7 Å². The number of nitrogens with zero attached hydrogens (tertiary/aromatic N) is 1. The number of aromatic nitrogens is 2. The Balaban J connectivity index is 2.99. The van der Waals surface area contributed by atoms with Crippen LogP contribution >= 0.6 is 11.8 Å². The summed E-state index contributed by atoms with van der Waals surface area (Å²) in [5.74, 6) is -0.555. The second-order valence-electron chi connectivity index (χ2n) is 3.70. The average Bonchev–Trinajstić information content (AvgIpc) is 2.34. The SMILES string of the molecule is CCOC(=O)[C@H](CC)Sc1nc(C(F)(F)F)cc(=O)[nH]1. The van der Waals surface area contributed by atoms with Gasteiger partial charge in [-0.25, -0.2) is 4.98 Å². The zero-order chi connectivity index (χ0) is 15.3. The molecule has 0 amide bonds. The van der Waals surface area contributed by atoms with Crippen LogP contribution in [0.3, 0.4) is 0 Å². The lowest BCUT2D eigenvalue weighted by molar-refractivity contribution is -0.142. The summed E-state index contributed by atoms with van der Waals surface area (Å²) < 4.78 is 42.4. The van der Waals surface area contributed by atoms with E-state index in [0.717, 1.165) is 11.8 Å². The quantitative estimate of drug-likeness (QED) is 0.513. The van der Waals surface area contributed by atoms with Crippen LogP contribution in [-0.4, -0.2) is 27.8 Å². The van der Waals surface area contributed by atoms with Crippen LogP contribution in [-0.2, 0) is 15.7 Å². The molecule has 1 aromatic rings. The largest absolute Gasteiger partial charge is 0.465 e. The number of nitrogens with one attached hydrogen (secondary N) is 1. The molecule has 1 heterocycles. The number of thioether (sulfide) groups is 1. The van der Waals surface area contributed by atoms with Crippen molar-refractivity contribution in [3.05, 3.63) is 22.1 Å².